The minimum atomic E-state index is -4.41. The molecule has 2 rings (SSSR count). The lowest BCUT2D eigenvalue weighted by Crippen LogP contribution is -2.50. The van der Waals surface area contributed by atoms with Crippen LogP contribution in [0.3, 0.4) is 0 Å². The SMILES string of the molecule is CC1(C)CN([C@@H](CCCc2cccc(C#N)c2)C(F)(F)F)NC1=O. The van der Waals surface area contributed by atoms with E-state index in [2.05, 4.69) is 5.43 Å². The molecular formula is C17H20F3N3O. The van der Waals surface area contributed by atoms with Crippen LogP contribution in [-0.4, -0.2) is 29.7 Å². The predicted molar refractivity (Wildman–Crippen MR) is 82.6 cm³/mol. The van der Waals surface area contributed by atoms with Crippen LogP contribution in [0.2, 0.25) is 0 Å². The van der Waals surface area contributed by atoms with Gasteiger partial charge in [0.2, 0.25) is 5.91 Å². The number of carbonyl (C=O) groups is 1. The monoisotopic (exact) mass is 339 g/mol. The Balaban J connectivity index is 2.00. The molecule has 0 unspecified atom stereocenters. The molecule has 1 amide bonds. The average molecular weight is 339 g/mol. The van der Waals surface area contributed by atoms with E-state index < -0.39 is 23.5 Å². The van der Waals surface area contributed by atoms with E-state index in [1.54, 1.807) is 38.1 Å². The van der Waals surface area contributed by atoms with E-state index in [9.17, 15) is 18.0 Å². The van der Waals surface area contributed by atoms with Crippen molar-refractivity contribution < 1.29 is 18.0 Å². The highest BCUT2D eigenvalue weighted by Gasteiger charge is 2.49. The van der Waals surface area contributed by atoms with E-state index in [0.717, 1.165) is 10.6 Å². The summed E-state index contributed by atoms with van der Waals surface area (Å²) in [4.78, 5) is 11.8. The molecule has 0 bridgehead atoms. The van der Waals surface area contributed by atoms with E-state index in [-0.39, 0.29) is 13.0 Å². The van der Waals surface area contributed by atoms with Crippen LogP contribution in [0.5, 0.6) is 0 Å². The molecule has 0 aromatic heterocycles. The van der Waals surface area contributed by atoms with Crippen LogP contribution in [0.25, 0.3) is 0 Å². The predicted octanol–water partition coefficient (Wildman–Crippen LogP) is 3.18. The summed E-state index contributed by atoms with van der Waals surface area (Å²) in [6.07, 6.45) is -3.77. The van der Waals surface area contributed by atoms with E-state index in [1.807, 2.05) is 6.07 Å². The fraction of sp³-hybridized carbons (Fsp3) is 0.529. The van der Waals surface area contributed by atoms with Crippen LogP contribution in [0, 0.1) is 16.7 Å². The smallest absolute Gasteiger partial charge is 0.288 e. The van der Waals surface area contributed by atoms with Gasteiger partial charge in [-0.05, 0) is 50.8 Å². The molecule has 1 aromatic carbocycles. The van der Waals surface area contributed by atoms with Gasteiger partial charge in [0, 0.05) is 6.54 Å². The third kappa shape index (κ3) is 4.26. The van der Waals surface area contributed by atoms with Gasteiger partial charge in [0.25, 0.3) is 0 Å². The third-order valence-corrected chi connectivity index (χ3v) is 4.18. The van der Waals surface area contributed by atoms with Crippen LogP contribution >= 0.6 is 0 Å². The molecule has 7 heteroatoms. The maximum absolute atomic E-state index is 13.4. The van der Waals surface area contributed by atoms with Crippen LogP contribution in [0.15, 0.2) is 24.3 Å². The van der Waals surface area contributed by atoms with Gasteiger partial charge in [-0.15, -0.1) is 0 Å². The molecule has 0 aliphatic carbocycles. The van der Waals surface area contributed by atoms with Gasteiger partial charge < -0.3 is 0 Å². The number of nitrogens with zero attached hydrogens (tertiary/aromatic N) is 2. The molecule has 1 aliphatic rings. The first-order valence-corrected chi connectivity index (χ1v) is 7.77. The highest BCUT2D eigenvalue weighted by molar-refractivity contribution is 5.83. The summed E-state index contributed by atoms with van der Waals surface area (Å²) >= 11 is 0. The molecule has 1 aromatic rings. The number of alkyl halides is 3. The van der Waals surface area contributed by atoms with E-state index in [1.165, 1.54) is 0 Å². The summed E-state index contributed by atoms with van der Waals surface area (Å²) < 4.78 is 40.1. The van der Waals surface area contributed by atoms with E-state index >= 15 is 0 Å². The number of hydrogen-bond acceptors (Lipinski definition) is 3. The van der Waals surface area contributed by atoms with Gasteiger partial charge in [-0.2, -0.15) is 18.4 Å². The van der Waals surface area contributed by atoms with E-state index in [0.29, 0.717) is 18.4 Å². The second-order valence-electron chi connectivity index (χ2n) is 6.71. The summed E-state index contributed by atoms with van der Waals surface area (Å²) in [5.74, 6) is -0.390. The number of aryl methyl sites for hydroxylation is 1. The van der Waals surface area contributed by atoms with Gasteiger partial charge in [0.15, 0.2) is 0 Å². The zero-order valence-corrected chi connectivity index (χ0v) is 13.7. The first kappa shape index (κ1) is 18.3. The molecule has 24 heavy (non-hydrogen) atoms. The number of amides is 1. The molecule has 0 radical (unpaired) electrons. The van der Waals surface area contributed by atoms with Gasteiger partial charge in [0.05, 0.1) is 17.0 Å². The number of nitriles is 1. The summed E-state index contributed by atoms with van der Waals surface area (Å²) in [6, 6.07) is 7.16. The second-order valence-corrected chi connectivity index (χ2v) is 6.71. The zero-order chi connectivity index (χ0) is 18.0. The summed E-state index contributed by atoms with van der Waals surface area (Å²) in [5.41, 5.74) is 2.85. The normalized spacial score (nSPS) is 18.9. The zero-order valence-electron chi connectivity index (χ0n) is 13.7. The number of rotatable bonds is 5. The highest BCUT2D eigenvalue weighted by atomic mass is 19.4. The van der Waals surface area contributed by atoms with Gasteiger partial charge in [-0.25, -0.2) is 5.01 Å². The van der Waals surface area contributed by atoms with Crippen molar-refractivity contribution in [2.45, 2.75) is 45.3 Å². The minimum Gasteiger partial charge on any atom is -0.288 e. The van der Waals surface area contributed by atoms with Crippen molar-refractivity contribution in [1.82, 2.24) is 10.4 Å². The largest absolute Gasteiger partial charge is 0.405 e. The molecule has 0 spiro atoms. The van der Waals surface area contributed by atoms with Gasteiger partial charge >= 0.3 is 6.18 Å². The van der Waals surface area contributed by atoms with Gasteiger partial charge in [-0.3, -0.25) is 10.2 Å². The van der Waals surface area contributed by atoms with Crippen molar-refractivity contribution in [1.29, 1.82) is 5.26 Å². The van der Waals surface area contributed by atoms with Crippen molar-refractivity contribution in [3.63, 3.8) is 0 Å². The molecule has 0 saturated carbocycles. The molecule has 1 aliphatic heterocycles. The molecule has 1 N–H and O–H groups in total. The standard InChI is InChI=1S/C17H20F3N3O/c1-16(2)11-23(22-15(16)24)14(17(18,19)20)8-4-6-12-5-3-7-13(9-12)10-21/h3,5,7,9,14H,4,6,8,11H2,1-2H3,(H,22,24)/t14-/m0/s1. The summed E-state index contributed by atoms with van der Waals surface area (Å²) in [5, 5.41) is 9.86. The lowest BCUT2D eigenvalue weighted by atomic mass is 9.94. The number of halogens is 3. The maximum Gasteiger partial charge on any atom is 0.405 e. The van der Waals surface area contributed by atoms with Crippen LogP contribution < -0.4 is 5.43 Å². The van der Waals surface area contributed by atoms with Crippen LogP contribution in [-0.2, 0) is 11.2 Å². The van der Waals surface area contributed by atoms with Crippen molar-refractivity contribution in [3.05, 3.63) is 35.4 Å². The molecule has 130 valence electrons. The summed E-state index contributed by atoms with van der Waals surface area (Å²) in [6.45, 7) is 3.28. The number of nitrogens with one attached hydrogen (secondary N) is 1. The lowest BCUT2D eigenvalue weighted by molar-refractivity contribution is -0.190. The molecule has 1 saturated heterocycles. The van der Waals surface area contributed by atoms with Gasteiger partial charge in [-0.1, -0.05) is 12.1 Å². The molecule has 4 nitrogen and oxygen atoms in total. The quantitative estimate of drug-likeness (QED) is 0.896. The van der Waals surface area contributed by atoms with Gasteiger partial charge in [0.1, 0.15) is 6.04 Å². The Labute approximate surface area is 139 Å². The fourth-order valence-electron chi connectivity index (χ4n) is 2.80. The summed E-state index contributed by atoms with van der Waals surface area (Å²) in [7, 11) is 0. The fourth-order valence-corrected chi connectivity index (χ4v) is 2.80. The number of hydrazine groups is 1. The van der Waals surface area contributed by atoms with Crippen molar-refractivity contribution in [2.75, 3.05) is 6.54 Å². The highest BCUT2D eigenvalue weighted by Crippen LogP contribution is 2.33. The first-order valence-electron chi connectivity index (χ1n) is 7.77. The van der Waals surface area contributed by atoms with E-state index in [4.69, 9.17) is 5.26 Å². The second kappa shape index (κ2) is 6.81. The van der Waals surface area contributed by atoms with Crippen LogP contribution in [0.1, 0.15) is 37.8 Å². The molecule has 1 atom stereocenters. The number of carbonyl (C=O) groups excluding carboxylic acids is 1. The first-order chi connectivity index (χ1) is 11.1. The molecular weight excluding hydrogens is 319 g/mol. The molecule has 1 heterocycles. The molecule has 1 fully saturated rings. The Morgan fingerprint density at radius 3 is 2.67 bits per heavy atom. The Morgan fingerprint density at radius 1 is 1.42 bits per heavy atom. The maximum atomic E-state index is 13.4. The van der Waals surface area contributed by atoms with Crippen molar-refractivity contribution in [2.24, 2.45) is 5.41 Å². The number of benzene rings is 1. The lowest BCUT2D eigenvalue weighted by Gasteiger charge is -2.29. The number of hydrogen-bond donors (Lipinski definition) is 1. The van der Waals surface area contributed by atoms with Crippen molar-refractivity contribution >= 4 is 5.91 Å². The Hall–Kier alpha value is -2.07. The average Bonchev–Trinajstić information content (AvgIpc) is 2.75. The Morgan fingerprint density at radius 2 is 2.12 bits per heavy atom. The third-order valence-electron chi connectivity index (χ3n) is 4.18. The van der Waals surface area contributed by atoms with Crippen LogP contribution in [0.4, 0.5) is 13.2 Å². The topological polar surface area (TPSA) is 56.1 Å². The minimum absolute atomic E-state index is 0.0277. The Kier molecular flexibility index (Phi) is 5.19. The Bertz CT molecular complexity index is 649. The van der Waals surface area contributed by atoms with Crippen molar-refractivity contribution in [3.8, 4) is 6.07 Å².